The molecule has 0 fully saturated rings. The number of aromatic nitrogens is 2. The largest absolute Gasteiger partial charge is 0.354 e. The number of hydrogen-bond donors (Lipinski definition) is 3. The minimum absolute atomic E-state index is 0.102. The summed E-state index contributed by atoms with van der Waals surface area (Å²) in [5.74, 6) is 0.248. The molecule has 0 unspecified atom stereocenters. The molecule has 120 valence electrons. The van der Waals surface area contributed by atoms with Crippen molar-refractivity contribution in [3.63, 3.8) is 0 Å². The lowest BCUT2D eigenvalue weighted by atomic mass is 10.1. The van der Waals surface area contributed by atoms with Crippen LogP contribution < -0.4 is 16.0 Å². The highest BCUT2D eigenvalue weighted by Gasteiger charge is 2.11. The summed E-state index contributed by atoms with van der Waals surface area (Å²) in [6, 6.07) is 17.2. The van der Waals surface area contributed by atoms with Crippen LogP contribution in [0.15, 0.2) is 54.6 Å². The lowest BCUT2D eigenvalue weighted by Crippen LogP contribution is -2.75. The zero-order valence-corrected chi connectivity index (χ0v) is 13.3. The number of nitrogens with zero attached hydrogens (tertiary/aromatic N) is 2. The van der Waals surface area contributed by atoms with Gasteiger partial charge in [0, 0.05) is 5.39 Å². The second-order valence-electron chi connectivity index (χ2n) is 5.40. The molecule has 1 aromatic heterocycles. The quantitative estimate of drug-likeness (QED) is 0.478. The molecule has 0 saturated carbocycles. The smallest absolute Gasteiger partial charge is 0.322 e. The summed E-state index contributed by atoms with van der Waals surface area (Å²) < 4.78 is 0. The van der Waals surface area contributed by atoms with Crippen LogP contribution in [-0.4, -0.2) is 21.8 Å². The Morgan fingerprint density at radius 3 is 2.58 bits per heavy atom. The Morgan fingerprint density at radius 2 is 1.79 bits per heavy atom. The number of para-hydroxylation sites is 1. The summed E-state index contributed by atoms with van der Waals surface area (Å²) in [7, 11) is 0. The fraction of sp³-hybridized carbons (Fsp3) is 0.111. The van der Waals surface area contributed by atoms with Gasteiger partial charge < -0.3 is 5.73 Å². The number of rotatable bonds is 3. The maximum Gasteiger partial charge on any atom is 0.354 e. The molecule has 4 N–H and O–H groups in total. The van der Waals surface area contributed by atoms with Crippen molar-refractivity contribution in [2.24, 2.45) is 5.73 Å². The van der Waals surface area contributed by atoms with Crippen LogP contribution in [0, 0.1) is 6.92 Å². The SMILES string of the molecule is Cc1nc(/[NH+]=C(\N)NC(=O)Cc2ccccc2)nc2ccccc12. The van der Waals surface area contributed by atoms with Gasteiger partial charge in [-0.05, 0) is 24.6 Å². The van der Waals surface area contributed by atoms with E-state index >= 15 is 0 Å². The molecule has 0 aliphatic heterocycles. The fourth-order valence-electron chi connectivity index (χ4n) is 2.42. The molecule has 3 aromatic rings. The third-order valence-electron chi connectivity index (χ3n) is 3.52. The van der Waals surface area contributed by atoms with Crippen LogP contribution in [0.1, 0.15) is 11.3 Å². The van der Waals surface area contributed by atoms with Gasteiger partial charge in [-0.25, -0.2) is 10.3 Å². The standard InChI is InChI=1S/C18H17N5O/c1-12-14-9-5-6-10-15(14)21-18(20-12)23-17(19)22-16(24)11-13-7-3-2-4-8-13/h2-10H,11H2,1H3,(H3,19,20,21,22,23,24)/p+1. The lowest BCUT2D eigenvalue weighted by Gasteiger charge is -2.02. The summed E-state index contributed by atoms with van der Waals surface area (Å²) in [5, 5.41) is 3.59. The Hall–Kier alpha value is -3.28. The van der Waals surface area contributed by atoms with Crippen molar-refractivity contribution >= 4 is 28.7 Å². The first-order valence-corrected chi connectivity index (χ1v) is 7.58. The van der Waals surface area contributed by atoms with Crippen molar-refractivity contribution in [1.29, 1.82) is 0 Å². The molecule has 0 spiro atoms. The van der Waals surface area contributed by atoms with Gasteiger partial charge in [-0.3, -0.25) is 4.79 Å². The van der Waals surface area contributed by atoms with E-state index in [4.69, 9.17) is 5.73 Å². The number of hydrogen-bond acceptors (Lipinski definition) is 3. The van der Waals surface area contributed by atoms with E-state index in [-0.39, 0.29) is 18.3 Å². The van der Waals surface area contributed by atoms with Crippen LogP contribution in [0.2, 0.25) is 0 Å². The molecule has 6 heteroatoms. The number of amides is 1. The van der Waals surface area contributed by atoms with Crippen molar-refractivity contribution in [1.82, 2.24) is 15.3 Å². The van der Waals surface area contributed by atoms with E-state index in [1.165, 1.54) is 0 Å². The maximum absolute atomic E-state index is 12.0. The third kappa shape index (κ3) is 3.73. The summed E-state index contributed by atoms with van der Waals surface area (Å²) in [4.78, 5) is 23.6. The predicted molar refractivity (Wildman–Crippen MR) is 92.4 cm³/mol. The van der Waals surface area contributed by atoms with Gasteiger partial charge in [0.15, 0.2) is 0 Å². The van der Waals surface area contributed by atoms with Crippen molar-refractivity contribution < 1.29 is 9.79 Å². The van der Waals surface area contributed by atoms with Crippen molar-refractivity contribution in [2.75, 3.05) is 0 Å². The number of carbonyl (C=O) groups is 1. The molecular formula is C18H18N5O+. The molecule has 1 heterocycles. The summed E-state index contributed by atoms with van der Waals surface area (Å²) in [6.45, 7) is 1.90. The molecule has 0 bridgehead atoms. The molecule has 0 aliphatic rings. The summed E-state index contributed by atoms with van der Waals surface area (Å²) >= 11 is 0. The number of nitrogens with two attached hydrogens (primary N) is 1. The Kier molecular flexibility index (Phi) is 4.47. The number of aryl methyl sites for hydroxylation is 1. The predicted octanol–water partition coefficient (Wildman–Crippen LogP) is 0.324. The van der Waals surface area contributed by atoms with Gasteiger partial charge in [-0.2, -0.15) is 0 Å². The molecular weight excluding hydrogens is 302 g/mol. The molecule has 24 heavy (non-hydrogen) atoms. The topological polar surface area (TPSA) is 94.9 Å². The molecule has 0 saturated heterocycles. The summed E-state index contributed by atoms with van der Waals surface area (Å²) in [5.41, 5.74) is 8.42. The van der Waals surface area contributed by atoms with Crippen LogP contribution in [0.4, 0.5) is 5.95 Å². The summed E-state index contributed by atoms with van der Waals surface area (Å²) in [6.07, 6.45) is 0.251. The van der Waals surface area contributed by atoms with Crippen LogP contribution >= 0.6 is 0 Å². The lowest BCUT2D eigenvalue weighted by molar-refractivity contribution is -0.367. The first-order chi connectivity index (χ1) is 11.6. The fourth-order valence-corrected chi connectivity index (χ4v) is 2.42. The normalized spacial score (nSPS) is 11.5. The molecule has 6 nitrogen and oxygen atoms in total. The van der Waals surface area contributed by atoms with E-state index in [9.17, 15) is 4.79 Å². The highest BCUT2D eigenvalue weighted by atomic mass is 16.1. The van der Waals surface area contributed by atoms with Crippen molar-refractivity contribution in [3.8, 4) is 0 Å². The molecule has 3 rings (SSSR count). The van der Waals surface area contributed by atoms with Gasteiger partial charge in [0.05, 0.1) is 12.1 Å². The van der Waals surface area contributed by atoms with Crippen LogP contribution in [0.5, 0.6) is 0 Å². The molecule has 0 aliphatic carbocycles. The third-order valence-corrected chi connectivity index (χ3v) is 3.52. The molecule has 0 atom stereocenters. The van der Waals surface area contributed by atoms with Crippen LogP contribution in [0.25, 0.3) is 10.9 Å². The number of fused-ring (bicyclic) bond motifs is 1. The Labute approximate surface area is 139 Å². The van der Waals surface area contributed by atoms with Crippen molar-refractivity contribution in [3.05, 3.63) is 65.9 Å². The van der Waals surface area contributed by atoms with Crippen LogP contribution in [-0.2, 0) is 11.2 Å². The number of carbonyl (C=O) groups excluding carboxylic acids is 1. The monoisotopic (exact) mass is 320 g/mol. The first kappa shape index (κ1) is 15.6. The molecule has 2 aromatic carbocycles. The second kappa shape index (κ2) is 6.87. The van der Waals surface area contributed by atoms with E-state index in [0.717, 1.165) is 22.2 Å². The van der Waals surface area contributed by atoms with Crippen LogP contribution in [0.3, 0.4) is 0 Å². The van der Waals surface area contributed by atoms with E-state index in [1.807, 2.05) is 61.5 Å². The second-order valence-corrected chi connectivity index (χ2v) is 5.40. The highest BCUT2D eigenvalue weighted by Crippen LogP contribution is 2.14. The van der Waals surface area contributed by atoms with Gasteiger partial charge in [0.2, 0.25) is 0 Å². The van der Waals surface area contributed by atoms with Gasteiger partial charge in [0.1, 0.15) is 5.52 Å². The highest BCUT2D eigenvalue weighted by molar-refractivity contribution is 5.94. The zero-order valence-electron chi connectivity index (χ0n) is 13.3. The average Bonchev–Trinajstić information content (AvgIpc) is 2.55. The van der Waals surface area contributed by atoms with E-state index < -0.39 is 0 Å². The maximum atomic E-state index is 12.0. The average molecular weight is 320 g/mol. The minimum Gasteiger partial charge on any atom is -0.322 e. The molecule has 0 radical (unpaired) electrons. The Bertz CT molecular complexity index is 906. The Balaban J connectivity index is 1.75. The van der Waals surface area contributed by atoms with Gasteiger partial charge in [0.25, 0.3) is 11.9 Å². The number of benzene rings is 2. The Morgan fingerprint density at radius 1 is 1.08 bits per heavy atom. The van der Waals surface area contributed by atoms with Gasteiger partial charge in [-0.15, -0.1) is 9.97 Å². The van der Waals surface area contributed by atoms with E-state index in [1.54, 1.807) is 0 Å². The van der Waals surface area contributed by atoms with E-state index in [0.29, 0.717) is 5.95 Å². The number of guanidine groups is 1. The van der Waals surface area contributed by atoms with E-state index in [2.05, 4.69) is 20.3 Å². The minimum atomic E-state index is -0.205. The first-order valence-electron chi connectivity index (χ1n) is 7.58. The number of nitrogens with one attached hydrogen (secondary N) is 2. The zero-order chi connectivity index (χ0) is 16.9. The van der Waals surface area contributed by atoms with Gasteiger partial charge in [-0.1, -0.05) is 42.5 Å². The van der Waals surface area contributed by atoms with Crippen molar-refractivity contribution in [2.45, 2.75) is 13.3 Å². The molecule has 1 amide bonds. The van der Waals surface area contributed by atoms with Gasteiger partial charge >= 0.3 is 5.95 Å².